The summed E-state index contributed by atoms with van der Waals surface area (Å²) in [4.78, 5) is 0. The summed E-state index contributed by atoms with van der Waals surface area (Å²) in [5.74, 6) is 0. The molecule has 1 N–H and O–H groups in total. The highest BCUT2D eigenvalue weighted by molar-refractivity contribution is 4.86. The molecule has 2 nitrogen and oxygen atoms in total. The molecule has 65 valence electrons. The zero-order chi connectivity index (χ0) is 8.48. The van der Waals surface area contributed by atoms with Crippen molar-refractivity contribution in [3.8, 4) is 0 Å². The fourth-order valence-electron chi connectivity index (χ4n) is 1.06. The molecule has 1 saturated heterocycles. The Kier molecular flexibility index (Phi) is 2.39. The third-order valence-electron chi connectivity index (χ3n) is 1.57. The fourth-order valence-corrected chi connectivity index (χ4v) is 1.06. The number of hydrogen-bond donors (Lipinski definition) is 1. The van der Waals surface area contributed by atoms with E-state index < -0.39 is 18.5 Å². The SMILES string of the molecule is [CH2]C1NCCC1OC(F)(F)F. The van der Waals surface area contributed by atoms with E-state index in [0.29, 0.717) is 13.0 Å². The smallest absolute Gasteiger partial charge is 0.311 e. The monoisotopic (exact) mass is 168 g/mol. The van der Waals surface area contributed by atoms with Gasteiger partial charge in [0.2, 0.25) is 0 Å². The number of ether oxygens (including phenoxy) is 1. The van der Waals surface area contributed by atoms with Crippen molar-refractivity contribution in [2.45, 2.75) is 24.9 Å². The molecule has 0 aromatic carbocycles. The molecule has 0 spiro atoms. The van der Waals surface area contributed by atoms with Gasteiger partial charge in [-0.25, -0.2) is 0 Å². The van der Waals surface area contributed by atoms with Crippen molar-refractivity contribution in [1.82, 2.24) is 5.32 Å². The summed E-state index contributed by atoms with van der Waals surface area (Å²) < 4.78 is 38.6. The van der Waals surface area contributed by atoms with Crippen LogP contribution in [0, 0.1) is 6.92 Å². The van der Waals surface area contributed by atoms with Crippen LogP contribution in [0.3, 0.4) is 0 Å². The Labute approximate surface area is 62.7 Å². The van der Waals surface area contributed by atoms with Crippen LogP contribution in [-0.4, -0.2) is 25.1 Å². The van der Waals surface area contributed by atoms with E-state index in [1.54, 1.807) is 0 Å². The molecule has 5 heteroatoms. The van der Waals surface area contributed by atoms with Crippen LogP contribution >= 0.6 is 0 Å². The normalized spacial score (nSPS) is 32.7. The molecular formula is C6H9F3NO. The molecule has 1 fully saturated rings. The standard InChI is InChI=1S/C6H9F3NO/c1-4-5(2-3-10-4)11-6(7,8)9/h4-5,10H,1-3H2. The average Bonchev–Trinajstić information content (AvgIpc) is 2.12. The van der Waals surface area contributed by atoms with Gasteiger partial charge in [-0.05, 0) is 19.9 Å². The Morgan fingerprint density at radius 2 is 2.09 bits per heavy atom. The molecule has 0 aromatic rings. The van der Waals surface area contributed by atoms with Gasteiger partial charge < -0.3 is 5.32 Å². The topological polar surface area (TPSA) is 21.3 Å². The summed E-state index contributed by atoms with van der Waals surface area (Å²) in [6, 6.07) is -0.448. The van der Waals surface area contributed by atoms with Crippen LogP contribution in [0.1, 0.15) is 6.42 Å². The maximum absolute atomic E-state index is 11.6. The quantitative estimate of drug-likeness (QED) is 0.632. The molecule has 0 aromatic heterocycles. The second-order valence-electron chi connectivity index (χ2n) is 2.45. The minimum atomic E-state index is -4.54. The molecule has 0 saturated carbocycles. The minimum Gasteiger partial charge on any atom is -0.311 e. The maximum atomic E-state index is 11.6. The van der Waals surface area contributed by atoms with Gasteiger partial charge in [0.05, 0.1) is 6.10 Å². The summed E-state index contributed by atoms with van der Waals surface area (Å²) >= 11 is 0. The van der Waals surface area contributed by atoms with Crippen molar-refractivity contribution in [2.75, 3.05) is 6.54 Å². The van der Waals surface area contributed by atoms with Crippen molar-refractivity contribution in [1.29, 1.82) is 0 Å². The van der Waals surface area contributed by atoms with Gasteiger partial charge in [0.15, 0.2) is 0 Å². The lowest BCUT2D eigenvalue weighted by molar-refractivity contribution is -0.342. The van der Waals surface area contributed by atoms with Gasteiger partial charge in [0.1, 0.15) is 0 Å². The van der Waals surface area contributed by atoms with E-state index in [0.717, 1.165) is 0 Å². The van der Waals surface area contributed by atoms with E-state index in [9.17, 15) is 13.2 Å². The van der Waals surface area contributed by atoms with Crippen molar-refractivity contribution < 1.29 is 17.9 Å². The molecule has 0 amide bonds. The number of halogens is 3. The molecule has 11 heavy (non-hydrogen) atoms. The first-order valence-corrected chi connectivity index (χ1v) is 3.30. The molecule has 1 heterocycles. The van der Waals surface area contributed by atoms with E-state index >= 15 is 0 Å². The van der Waals surface area contributed by atoms with Gasteiger partial charge in [-0.15, -0.1) is 13.2 Å². The first-order chi connectivity index (χ1) is 4.99. The highest BCUT2D eigenvalue weighted by Gasteiger charge is 2.37. The van der Waals surface area contributed by atoms with Gasteiger partial charge in [-0.1, -0.05) is 0 Å². The van der Waals surface area contributed by atoms with Crippen molar-refractivity contribution in [3.05, 3.63) is 6.92 Å². The third-order valence-corrected chi connectivity index (χ3v) is 1.57. The summed E-state index contributed by atoms with van der Waals surface area (Å²) in [6.07, 6.45) is -4.99. The highest BCUT2D eigenvalue weighted by Crippen LogP contribution is 2.23. The van der Waals surface area contributed by atoms with E-state index in [1.807, 2.05) is 0 Å². The largest absolute Gasteiger partial charge is 0.522 e. The zero-order valence-electron chi connectivity index (χ0n) is 5.82. The Morgan fingerprint density at radius 3 is 2.45 bits per heavy atom. The zero-order valence-corrected chi connectivity index (χ0v) is 5.82. The molecule has 2 atom stereocenters. The van der Waals surface area contributed by atoms with Crippen LogP contribution in [0.5, 0.6) is 0 Å². The predicted molar refractivity (Wildman–Crippen MR) is 32.7 cm³/mol. The molecule has 1 rings (SSSR count). The number of alkyl halides is 3. The fraction of sp³-hybridized carbons (Fsp3) is 0.833. The van der Waals surface area contributed by atoms with Crippen molar-refractivity contribution >= 4 is 0 Å². The Hall–Kier alpha value is -0.290. The molecule has 1 radical (unpaired) electrons. The molecule has 1 aliphatic heterocycles. The predicted octanol–water partition coefficient (Wildman–Crippen LogP) is 1.09. The minimum absolute atomic E-state index is 0.369. The lowest BCUT2D eigenvalue weighted by Gasteiger charge is -2.17. The van der Waals surface area contributed by atoms with Gasteiger partial charge in [-0.3, -0.25) is 4.74 Å². The summed E-state index contributed by atoms with van der Waals surface area (Å²) in [6.45, 7) is 4.00. The number of rotatable bonds is 1. The van der Waals surface area contributed by atoms with Crippen LogP contribution in [0.25, 0.3) is 0 Å². The molecule has 2 unspecified atom stereocenters. The lowest BCUT2D eigenvalue weighted by Crippen LogP contribution is -2.33. The molecule has 0 bridgehead atoms. The first-order valence-electron chi connectivity index (χ1n) is 3.30. The van der Waals surface area contributed by atoms with E-state index in [1.165, 1.54) is 0 Å². The van der Waals surface area contributed by atoms with Crippen LogP contribution in [0.15, 0.2) is 0 Å². The average molecular weight is 168 g/mol. The second kappa shape index (κ2) is 2.98. The lowest BCUT2D eigenvalue weighted by atomic mass is 10.2. The third kappa shape index (κ3) is 2.67. The molecule has 1 aliphatic rings. The van der Waals surface area contributed by atoms with Crippen LogP contribution < -0.4 is 5.32 Å². The van der Waals surface area contributed by atoms with Crippen molar-refractivity contribution in [3.63, 3.8) is 0 Å². The maximum Gasteiger partial charge on any atom is 0.522 e. The Bertz CT molecular complexity index is 136. The van der Waals surface area contributed by atoms with Crippen LogP contribution in [0.2, 0.25) is 0 Å². The van der Waals surface area contributed by atoms with Gasteiger partial charge >= 0.3 is 6.36 Å². The van der Waals surface area contributed by atoms with E-state index in [4.69, 9.17) is 0 Å². The number of nitrogens with one attached hydrogen (secondary N) is 1. The van der Waals surface area contributed by atoms with E-state index in [2.05, 4.69) is 17.0 Å². The van der Waals surface area contributed by atoms with E-state index in [-0.39, 0.29) is 0 Å². The summed E-state index contributed by atoms with van der Waals surface area (Å²) in [5.41, 5.74) is 0. The Morgan fingerprint density at radius 1 is 1.45 bits per heavy atom. The number of hydrogen-bond acceptors (Lipinski definition) is 2. The highest BCUT2D eigenvalue weighted by atomic mass is 19.4. The van der Waals surface area contributed by atoms with Gasteiger partial charge in [0, 0.05) is 6.04 Å². The van der Waals surface area contributed by atoms with Gasteiger partial charge in [-0.2, -0.15) is 0 Å². The first kappa shape index (κ1) is 8.80. The van der Waals surface area contributed by atoms with Gasteiger partial charge in [0.25, 0.3) is 0 Å². The van der Waals surface area contributed by atoms with Crippen LogP contribution in [0.4, 0.5) is 13.2 Å². The summed E-state index contributed by atoms with van der Waals surface area (Å²) in [7, 11) is 0. The van der Waals surface area contributed by atoms with Crippen molar-refractivity contribution in [2.24, 2.45) is 0 Å². The Balaban J connectivity index is 2.37. The van der Waals surface area contributed by atoms with Crippen LogP contribution in [-0.2, 0) is 4.74 Å². The molecule has 0 aliphatic carbocycles. The summed E-state index contributed by atoms with van der Waals surface area (Å²) in [5, 5.41) is 2.76. The molecular weight excluding hydrogens is 159 g/mol. The second-order valence-corrected chi connectivity index (χ2v) is 2.45.